The monoisotopic (exact) mass is 391 g/mol. The van der Waals surface area contributed by atoms with Crippen LogP contribution in [0.4, 0.5) is 11.4 Å². The fourth-order valence-electron chi connectivity index (χ4n) is 2.80. The number of aromatic nitrogens is 1. The number of amides is 1. The Kier molecular flexibility index (Phi) is 6.68. The second-order valence-corrected chi connectivity index (χ2v) is 6.77. The Balaban J connectivity index is 1.63. The number of carbonyl (C=O) groups is 1. The number of benzene rings is 2. The molecule has 29 heavy (non-hydrogen) atoms. The van der Waals surface area contributed by atoms with Gasteiger partial charge in [0.25, 0.3) is 5.91 Å². The summed E-state index contributed by atoms with van der Waals surface area (Å²) in [4.78, 5) is 16.7. The van der Waals surface area contributed by atoms with Crippen LogP contribution in [-0.2, 0) is 6.54 Å². The number of nitrogens with zero attached hydrogens (tertiary/aromatic N) is 1. The molecule has 0 spiro atoms. The zero-order chi connectivity index (χ0) is 20.6. The minimum Gasteiger partial charge on any atom is -0.496 e. The lowest BCUT2D eigenvalue weighted by Crippen LogP contribution is -2.13. The van der Waals surface area contributed by atoms with Crippen molar-refractivity contribution >= 4 is 17.3 Å². The molecule has 2 aromatic carbocycles. The molecule has 0 saturated heterocycles. The van der Waals surface area contributed by atoms with Crippen molar-refractivity contribution in [3.05, 3.63) is 78.1 Å². The number of anilines is 2. The maximum Gasteiger partial charge on any atom is 0.257 e. The lowest BCUT2D eigenvalue weighted by atomic mass is 10.2. The Morgan fingerprint density at radius 1 is 1.03 bits per heavy atom. The minimum absolute atomic E-state index is 0.104. The van der Waals surface area contributed by atoms with E-state index < -0.39 is 0 Å². The van der Waals surface area contributed by atoms with Gasteiger partial charge in [-0.1, -0.05) is 18.2 Å². The van der Waals surface area contributed by atoms with Gasteiger partial charge in [-0.3, -0.25) is 9.78 Å². The van der Waals surface area contributed by atoms with E-state index in [9.17, 15) is 4.79 Å². The van der Waals surface area contributed by atoms with E-state index in [0.29, 0.717) is 17.8 Å². The number of hydrogen-bond donors (Lipinski definition) is 2. The van der Waals surface area contributed by atoms with Crippen molar-refractivity contribution in [3.8, 4) is 11.5 Å². The highest BCUT2D eigenvalue weighted by molar-refractivity contribution is 6.04. The molecule has 1 aromatic heterocycles. The summed E-state index contributed by atoms with van der Waals surface area (Å²) in [7, 11) is 1.65. The average molecular weight is 391 g/mol. The molecule has 2 N–H and O–H groups in total. The molecular weight excluding hydrogens is 366 g/mol. The number of nitrogens with one attached hydrogen (secondary N) is 2. The fourth-order valence-corrected chi connectivity index (χ4v) is 2.80. The molecular formula is C23H25N3O3. The molecule has 0 aliphatic heterocycles. The van der Waals surface area contributed by atoms with Gasteiger partial charge in [0, 0.05) is 30.2 Å². The van der Waals surface area contributed by atoms with Crippen LogP contribution in [0.25, 0.3) is 0 Å². The van der Waals surface area contributed by atoms with E-state index in [1.807, 2.05) is 62.4 Å². The van der Waals surface area contributed by atoms with Gasteiger partial charge >= 0.3 is 0 Å². The number of rotatable bonds is 8. The van der Waals surface area contributed by atoms with Crippen molar-refractivity contribution in [1.29, 1.82) is 0 Å². The summed E-state index contributed by atoms with van der Waals surface area (Å²) >= 11 is 0. The molecule has 0 aliphatic carbocycles. The molecule has 0 fully saturated rings. The van der Waals surface area contributed by atoms with Gasteiger partial charge in [0.15, 0.2) is 0 Å². The first-order valence-electron chi connectivity index (χ1n) is 9.44. The Morgan fingerprint density at radius 2 is 1.79 bits per heavy atom. The first-order valence-corrected chi connectivity index (χ1v) is 9.44. The highest BCUT2D eigenvalue weighted by Gasteiger charge is 2.09. The summed E-state index contributed by atoms with van der Waals surface area (Å²) < 4.78 is 11.0. The van der Waals surface area contributed by atoms with Crippen molar-refractivity contribution in [2.45, 2.75) is 26.5 Å². The van der Waals surface area contributed by atoms with E-state index in [2.05, 4.69) is 15.6 Å². The normalized spacial score (nSPS) is 10.5. The predicted octanol–water partition coefficient (Wildman–Crippen LogP) is 4.74. The molecule has 0 atom stereocenters. The molecule has 0 bridgehead atoms. The van der Waals surface area contributed by atoms with Gasteiger partial charge in [0.1, 0.15) is 11.5 Å². The van der Waals surface area contributed by atoms with Crippen LogP contribution in [0.3, 0.4) is 0 Å². The number of methoxy groups -OCH3 is 1. The summed E-state index contributed by atoms with van der Waals surface area (Å²) in [6.45, 7) is 4.50. The Morgan fingerprint density at radius 3 is 2.52 bits per heavy atom. The molecule has 0 saturated carbocycles. The number of pyridine rings is 1. The zero-order valence-electron chi connectivity index (χ0n) is 16.8. The van der Waals surface area contributed by atoms with E-state index in [1.54, 1.807) is 25.6 Å². The maximum absolute atomic E-state index is 12.6. The standard InChI is InChI=1S/C23H25N3O3/c1-16(2)29-21-10-8-19(9-11-21)26-23(27)18-12-20(15-24-13-18)25-14-17-6-4-5-7-22(17)28-3/h4-13,15-16,25H,14H2,1-3H3,(H,26,27). The second kappa shape index (κ2) is 9.59. The highest BCUT2D eigenvalue weighted by Crippen LogP contribution is 2.20. The topological polar surface area (TPSA) is 72.5 Å². The second-order valence-electron chi connectivity index (χ2n) is 6.77. The van der Waals surface area contributed by atoms with Crippen LogP contribution in [0.2, 0.25) is 0 Å². The van der Waals surface area contributed by atoms with Crippen molar-refractivity contribution in [2.24, 2.45) is 0 Å². The molecule has 1 amide bonds. The molecule has 6 nitrogen and oxygen atoms in total. The molecule has 1 heterocycles. The van der Waals surface area contributed by atoms with Crippen LogP contribution in [0, 0.1) is 0 Å². The first kappa shape index (κ1) is 20.2. The van der Waals surface area contributed by atoms with Crippen molar-refractivity contribution in [3.63, 3.8) is 0 Å². The Labute approximate surface area is 170 Å². The van der Waals surface area contributed by atoms with Crippen LogP contribution in [-0.4, -0.2) is 24.1 Å². The molecule has 0 unspecified atom stereocenters. The molecule has 3 rings (SSSR count). The van der Waals surface area contributed by atoms with Crippen molar-refractivity contribution in [1.82, 2.24) is 4.98 Å². The van der Waals surface area contributed by atoms with Gasteiger partial charge in [0.05, 0.1) is 24.5 Å². The summed E-state index contributed by atoms with van der Waals surface area (Å²) in [5, 5.41) is 6.16. The largest absolute Gasteiger partial charge is 0.496 e. The summed E-state index contributed by atoms with van der Waals surface area (Å²) in [6, 6.07) is 16.8. The van der Waals surface area contributed by atoms with Gasteiger partial charge in [-0.2, -0.15) is 0 Å². The highest BCUT2D eigenvalue weighted by atomic mass is 16.5. The quantitative estimate of drug-likeness (QED) is 0.580. The minimum atomic E-state index is -0.226. The number of carbonyl (C=O) groups excluding carboxylic acids is 1. The SMILES string of the molecule is COc1ccccc1CNc1cncc(C(=O)Nc2ccc(OC(C)C)cc2)c1. The van der Waals surface area contributed by atoms with Crippen LogP contribution < -0.4 is 20.1 Å². The maximum atomic E-state index is 12.6. The van der Waals surface area contributed by atoms with E-state index in [4.69, 9.17) is 9.47 Å². The third-order valence-electron chi connectivity index (χ3n) is 4.16. The van der Waals surface area contributed by atoms with Gasteiger partial charge in [0.2, 0.25) is 0 Å². The van der Waals surface area contributed by atoms with Gasteiger partial charge in [-0.15, -0.1) is 0 Å². The number of ether oxygens (including phenoxy) is 2. The first-order chi connectivity index (χ1) is 14.0. The van der Waals surface area contributed by atoms with Crippen LogP contribution in [0.15, 0.2) is 67.0 Å². The fraction of sp³-hybridized carbons (Fsp3) is 0.217. The molecule has 150 valence electrons. The van der Waals surface area contributed by atoms with E-state index in [1.165, 1.54) is 0 Å². The summed E-state index contributed by atoms with van der Waals surface area (Å²) in [6.07, 6.45) is 3.33. The lowest BCUT2D eigenvalue weighted by Gasteiger charge is -2.12. The average Bonchev–Trinajstić information content (AvgIpc) is 2.73. The van der Waals surface area contributed by atoms with Crippen molar-refractivity contribution < 1.29 is 14.3 Å². The van der Waals surface area contributed by atoms with Gasteiger partial charge in [-0.25, -0.2) is 0 Å². The molecule has 6 heteroatoms. The molecule has 0 aliphatic rings. The lowest BCUT2D eigenvalue weighted by molar-refractivity contribution is 0.102. The van der Waals surface area contributed by atoms with Crippen molar-refractivity contribution in [2.75, 3.05) is 17.7 Å². The summed E-state index contributed by atoms with van der Waals surface area (Å²) in [5.74, 6) is 1.35. The number of para-hydroxylation sites is 1. The number of hydrogen-bond acceptors (Lipinski definition) is 5. The molecule has 0 radical (unpaired) electrons. The van der Waals surface area contributed by atoms with Crippen LogP contribution in [0.5, 0.6) is 11.5 Å². The smallest absolute Gasteiger partial charge is 0.257 e. The Hall–Kier alpha value is -3.54. The van der Waals surface area contributed by atoms with E-state index >= 15 is 0 Å². The van der Waals surface area contributed by atoms with Gasteiger partial charge in [-0.05, 0) is 50.2 Å². The molecule has 3 aromatic rings. The van der Waals surface area contributed by atoms with Crippen LogP contribution >= 0.6 is 0 Å². The predicted molar refractivity (Wildman–Crippen MR) is 115 cm³/mol. The third kappa shape index (κ3) is 5.72. The summed E-state index contributed by atoms with van der Waals surface area (Å²) in [5.41, 5.74) is 2.94. The Bertz CT molecular complexity index is 956. The van der Waals surface area contributed by atoms with Gasteiger partial charge < -0.3 is 20.1 Å². The van der Waals surface area contributed by atoms with Crippen LogP contribution in [0.1, 0.15) is 29.8 Å². The van der Waals surface area contributed by atoms with E-state index in [0.717, 1.165) is 22.7 Å². The third-order valence-corrected chi connectivity index (χ3v) is 4.16. The van der Waals surface area contributed by atoms with E-state index in [-0.39, 0.29) is 12.0 Å². The zero-order valence-corrected chi connectivity index (χ0v) is 16.8.